The van der Waals surface area contributed by atoms with Crippen molar-refractivity contribution in [2.45, 2.75) is 19.3 Å². The zero-order valence-electron chi connectivity index (χ0n) is 6.71. The molecule has 12 heavy (non-hydrogen) atoms. The predicted octanol–water partition coefficient (Wildman–Crippen LogP) is 1.18. The van der Waals surface area contributed by atoms with Gasteiger partial charge in [0.25, 0.3) is 0 Å². The van der Waals surface area contributed by atoms with Gasteiger partial charge in [-0.25, -0.2) is 0 Å². The molecule has 0 fully saturated rings. The molecule has 0 bridgehead atoms. The van der Waals surface area contributed by atoms with E-state index in [4.69, 9.17) is 5.73 Å². The first-order valence-corrected chi connectivity index (χ1v) is 4.04. The third-order valence-corrected chi connectivity index (χ3v) is 2.22. The van der Waals surface area contributed by atoms with Gasteiger partial charge in [-0.3, -0.25) is 9.78 Å². The van der Waals surface area contributed by atoms with Crippen molar-refractivity contribution in [3.05, 3.63) is 23.5 Å². The first-order valence-electron chi connectivity index (χ1n) is 4.04. The largest absolute Gasteiger partial charge is 0.397 e. The summed E-state index contributed by atoms with van der Waals surface area (Å²) in [6.45, 7) is 0. The molecule has 2 rings (SSSR count). The lowest BCUT2D eigenvalue weighted by Crippen LogP contribution is -2.13. The van der Waals surface area contributed by atoms with Gasteiger partial charge in [0.15, 0.2) is 5.78 Å². The van der Waals surface area contributed by atoms with Crippen molar-refractivity contribution < 1.29 is 4.79 Å². The number of carbonyl (C=O) groups is 1. The van der Waals surface area contributed by atoms with Gasteiger partial charge in [0.1, 0.15) is 0 Å². The number of Topliss-reactive ketones (excluding diaryl/α,β-unsaturated/α-hetero) is 1. The maximum Gasteiger partial charge on any atom is 0.164 e. The van der Waals surface area contributed by atoms with Gasteiger partial charge in [0.2, 0.25) is 0 Å². The SMILES string of the molecule is Nc1cncc2c1CCCC2=O. The van der Waals surface area contributed by atoms with E-state index in [0.717, 1.165) is 24.0 Å². The monoisotopic (exact) mass is 162 g/mol. The van der Waals surface area contributed by atoms with Crippen molar-refractivity contribution in [1.29, 1.82) is 0 Å². The van der Waals surface area contributed by atoms with E-state index in [2.05, 4.69) is 4.98 Å². The first kappa shape index (κ1) is 7.28. The minimum atomic E-state index is 0.177. The maximum absolute atomic E-state index is 11.3. The molecule has 0 aliphatic heterocycles. The Bertz CT molecular complexity index is 333. The van der Waals surface area contributed by atoms with Crippen LogP contribution >= 0.6 is 0 Å². The fourth-order valence-corrected chi connectivity index (χ4v) is 1.58. The molecule has 0 saturated heterocycles. The highest BCUT2D eigenvalue weighted by Crippen LogP contribution is 2.24. The van der Waals surface area contributed by atoms with E-state index < -0.39 is 0 Å². The second-order valence-electron chi connectivity index (χ2n) is 3.03. The molecule has 0 spiro atoms. The van der Waals surface area contributed by atoms with Gasteiger partial charge in [-0.1, -0.05) is 0 Å². The first-order chi connectivity index (χ1) is 5.79. The van der Waals surface area contributed by atoms with Crippen molar-refractivity contribution >= 4 is 11.5 Å². The molecule has 62 valence electrons. The highest BCUT2D eigenvalue weighted by Gasteiger charge is 2.18. The summed E-state index contributed by atoms with van der Waals surface area (Å²) in [5, 5.41) is 0. The summed E-state index contributed by atoms with van der Waals surface area (Å²) < 4.78 is 0. The van der Waals surface area contributed by atoms with Crippen LogP contribution in [0.15, 0.2) is 12.4 Å². The lowest BCUT2D eigenvalue weighted by atomic mass is 9.91. The van der Waals surface area contributed by atoms with Crippen LogP contribution < -0.4 is 5.73 Å². The Kier molecular flexibility index (Phi) is 1.57. The second kappa shape index (κ2) is 2.59. The highest BCUT2D eigenvalue weighted by atomic mass is 16.1. The summed E-state index contributed by atoms with van der Waals surface area (Å²) in [5.74, 6) is 0.177. The Balaban J connectivity index is 2.59. The van der Waals surface area contributed by atoms with E-state index in [-0.39, 0.29) is 5.78 Å². The average Bonchev–Trinajstić information content (AvgIpc) is 2.07. The van der Waals surface area contributed by atoms with Crippen molar-refractivity contribution in [2.75, 3.05) is 5.73 Å². The summed E-state index contributed by atoms with van der Waals surface area (Å²) in [6, 6.07) is 0. The molecule has 1 aromatic heterocycles. The van der Waals surface area contributed by atoms with E-state index in [1.807, 2.05) is 0 Å². The molecule has 0 saturated carbocycles. The van der Waals surface area contributed by atoms with Crippen LogP contribution in [0.4, 0.5) is 5.69 Å². The third kappa shape index (κ3) is 0.978. The Morgan fingerprint density at radius 2 is 2.17 bits per heavy atom. The molecule has 0 radical (unpaired) electrons. The Morgan fingerprint density at radius 3 is 2.92 bits per heavy atom. The van der Waals surface area contributed by atoms with Crippen molar-refractivity contribution in [3.8, 4) is 0 Å². The molecule has 1 aromatic rings. The minimum Gasteiger partial charge on any atom is -0.397 e. The maximum atomic E-state index is 11.3. The molecular formula is C9H10N2O. The molecule has 0 aromatic carbocycles. The number of rotatable bonds is 0. The standard InChI is InChI=1S/C9H10N2O/c10-8-5-11-4-7-6(8)2-1-3-9(7)12/h4-5H,1-3,10H2. The number of nitrogens with two attached hydrogens (primary N) is 1. The number of fused-ring (bicyclic) bond motifs is 1. The lowest BCUT2D eigenvalue weighted by molar-refractivity contribution is 0.0972. The van der Waals surface area contributed by atoms with Gasteiger partial charge < -0.3 is 5.73 Å². The molecule has 0 unspecified atom stereocenters. The molecule has 1 aliphatic carbocycles. The molecular weight excluding hydrogens is 152 g/mol. The van der Waals surface area contributed by atoms with Crippen molar-refractivity contribution in [3.63, 3.8) is 0 Å². The van der Waals surface area contributed by atoms with Gasteiger partial charge in [-0.15, -0.1) is 0 Å². The van der Waals surface area contributed by atoms with Crippen LogP contribution in [0.2, 0.25) is 0 Å². The molecule has 1 heterocycles. The number of nitrogens with zero attached hydrogens (tertiary/aromatic N) is 1. The average molecular weight is 162 g/mol. The van der Waals surface area contributed by atoms with Gasteiger partial charge in [0, 0.05) is 18.2 Å². The van der Waals surface area contributed by atoms with Gasteiger partial charge in [0.05, 0.1) is 11.9 Å². The molecule has 3 nitrogen and oxygen atoms in total. The fourth-order valence-electron chi connectivity index (χ4n) is 1.58. The van der Waals surface area contributed by atoms with Crippen LogP contribution in [-0.2, 0) is 6.42 Å². The van der Waals surface area contributed by atoms with Crippen LogP contribution in [0.25, 0.3) is 0 Å². The minimum absolute atomic E-state index is 0.177. The summed E-state index contributed by atoms with van der Waals surface area (Å²) in [4.78, 5) is 15.2. The molecule has 2 N–H and O–H groups in total. The van der Waals surface area contributed by atoms with Gasteiger partial charge >= 0.3 is 0 Å². The lowest BCUT2D eigenvalue weighted by Gasteiger charge is -2.14. The molecule has 1 aliphatic rings. The zero-order valence-corrected chi connectivity index (χ0v) is 6.71. The Morgan fingerprint density at radius 1 is 1.33 bits per heavy atom. The van der Waals surface area contributed by atoms with E-state index >= 15 is 0 Å². The molecule has 3 heteroatoms. The summed E-state index contributed by atoms with van der Waals surface area (Å²) in [5.41, 5.74) is 8.05. The number of anilines is 1. The number of hydrogen-bond acceptors (Lipinski definition) is 3. The fraction of sp³-hybridized carbons (Fsp3) is 0.333. The summed E-state index contributed by atoms with van der Waals surface area (Å²) >= 11 is 0. The van der Waals surface area contributed by atoms with Gasteiger partial charge in [-0.05, 0) is 18.4 Å². The number of nitrogen functional groups attached to an aromatic ring is 1. The number of ketones is 1. The van der Waals surface area contributed by atoms with Gasteiger partial charge in [-0.2, -0.15) is 0 Å². The van der Waals surface area contributed by atoms with Crippen LogP contribution in [0.3, 0.4) is 0 Å². The van der Waals surface area contributed by atoms with Crippen LogP contribution in [0.1, 0.15) is 28.8 Å². The summed E-state index contributed by atoms with van der Waals surface area (Å²) in [6.07, 6.45) is 5.69. The quantitative estimate of drug-likeness (QED) is 0.623. The number of pyridine rings is 1. The zero-order chi connectivity index (χ0) is 8.55. The number of hydrogen-bond donors (Lipinski definition) is 1. The number of aromatic nitrogens is 1. The molecule has 0 atom stereocenters. The van der Waals surface area contributed by atoms with Crippen molar-refractivity contribution in [2.24, 2.45) is 0 Å². The van der Waals surface area contributed by atoms with E-state index in [1.165, 1.54) is 0 Å². The van der Waals surface area contributed by atoms with Crippen molar-refractivity contribution in [1.82, 2.24) is 4.98 Å². The van der Waals surface area contributed by atoms with Crippen LogP contribution in [0, 0.1) is 0 Å². The summed E-state index contributed by atoms with van der Waals surface area (Å²) in [7, 11) is 0. The van der Waals surface area contributed by atoms with E-state index in [9.17, 15) is 4.79 Å². The smallest absolute Gasteiger partial charge is 0.164 e. The van der Waals surface area contributed by atoms with E-state index in [1.54, 1.807) is 12.4 Å². The second-order valence-corrected chi connectivity index (χ2v) is 3.03. The van der Waals surface area contributed by atoms with Crippen LogP contribution in [0.5, 0.6) is 0 Å². The van der Waals surface area contributed by atoms with Crippen LogP contribution in [-0.4, -0.2) is 10.8 Å². The normalized spacial score (nSPS) is 15.8. The molecule has 0 amide bonds. The van der Waals surface area contributed by atoms with E-state index in [0.29, 0.717) is 12.1 Å². The predicted molar refractivity (Wildman–Crippen MR) is 45.9 cm³/mol. The Labute approximate surface area is 70.6 Å². The topological polar surface area (TPSA) is 56.0 Å². The Hall–Kier alpha value is -1.38. The highest BCUT2D eigenvalue weighted by molar-refractivity contribution is 5.99. The third-order valence-electron chi connectivity index (χ3n) is 2.22. The number of carbonyl (C=O) groups excluding carboxylic acids is 1.